The number of nitriles is 2. The van der Waals surface area contributed by atoms with Gasteiger partial charge in [0.2, 0.25) is 0 Å². The van der Waals surface area contributed by atoms with Crippen molar-refractivity contribution in [1.82, 2.24) is 0 Å². The van der Waals surface area contributed by atoms with Gasteiger partial charge in [0.15, 0.2) is 0 Å². The number of rotatable bonds is 3. The summed E-state index contributed by atoms with van der Waals surface area (Å²) >= 11 is 0. The summed E-state index contributed by atoms with van der Waals surface area (Å²) in [4.78, 5) is 0. The Balaban J connectivity index is 3.21. The lowest BCUT2D eigenvalue weighted by Gasteiger charge is -2.05. The van der Waals surface area contributed by atoms with Gasteiger partial charge in [-0.3, -0.25) is 0 Å². The van der Waals surface area contributed by atoms with Crippen molar-refractivity contribution in [3.8, 4) is 12.1 Å². The third kappa shape index (κ3) is 2.70. The summed E-state index contributed by atoms with van der Waals surface area (Å²) in [5, 5.41) is 17.4. The molecule has 0 amide bonds. The van der Waals surface area contributed by atoms with Gasteiger partial charge < -0.3 is 5.73 Å². The van der Waals surface area contributed by atoms with Crippen molar-refractivity contribution in [2.45, 2.75) is 19.9 Å². The second kappa shape index (κ2) is 5.70. The first kappa shape index (κ1) is 12.0. The summed E-state index contributed by atoms with van der Waals surface area (Å²) < 4.78 is 0. The lowest BCUT2D eigenvalue weighted by molar-refractivity contribution is 1.04. The Hall–Kier alpha value is -2.10. The van der Waals surface area contributed by atoms with E-state index in [0.717, 1.165) is 17.5 Å². The molecular formula is C13H13N3. The number of hydrogen-bond donors (Lipinski definition) is 1. The molecule has 1 aromatic carbocycles. The van der Waals surface area contributed by atoms with Crippen molar-refractivity contribution in [3.05, 3.63) is 40.5 Å². The van der Waals surface area contributed by atoms with Crippen LogP contribution in [-0.2, 0) is 13.0 Å². The molecule has 0 saturated heterocycles. The largest absolute Gasteiger partial charge is 0.326 e. The van der Waals surface area contributed by atoms with Gasteiger partial charge in [-0.2, -0.15) is 10.5 Å². The van der Waals surface area contributed by atoms with Crippen LogP contribution < -0.4 is 5.73 Å². The lowest BCUT2D eigenvalue weighted by Crippen LogP contribution is -2.00. The summed E-state index contributed by atoms with van der Waals surface area (Å²) in [5.74, 6) is 0. The van der Waals surface area contributed by atoms with Gasteiger partial charge in [0.05, 0.1) is 0 Å². The summed E-state index contributed by atoms with van der Waals surface area (Å²) in [6, 6.07) is 9.57. The quantitative estimate of drug-likeness (QED) is 0.778. The molecule has 0 saturated carbocycles. The number of benzene rings is 1. The fourth-order valence-electron chi connectivity index (χ4n) is 1.44. The second-order valence-electron chi connectivity index (χ2n) is 3.37. The van der Waals surface area contributed by atoms with Gasteiger partial charge in [0.25, 0.3) is 0 Å². The van der Waals surface area contributed by atoms with Crippen LogP contribution in [0.3, 0.4) is 0 Å². The van der Waals surface area contributed by atoms with E-state index in [1.165, 1.54) is 5.56 Å². The molecule has 1 aromatic rings. The minimum Gasteiger partial charge on any atom is -0.326 e. The zero-order valence-electron chi connectivity index (χ0n) is 9.20. The van der Waals surface area contributed by atoms with Crippen LogP contribution in [0.15, 0.2) is 23.8 Å². The summed E-state index contributed by atoms with van der Waals surface area (Å²) in [6.45, 7) is 2.48. The third-order valence-electron chi connectivity index (χ3n) is 2.38. The van der Waals surface area contributed by atoms with E-state index in [1.54, 1.807) is 6.08 Å². The van der Waals surface area contributed by atoms with Gasteiger partial charge >= 0.3 is 0 Å². The molecule has 0 spiro atoms. The van der Waals surface area contributed by atoms with Gasteiger partial charge in [0.1, 0.15) is 17.7 Å². The number of allylic oxidation sites excluding steroid dienone is 1. The van der Waals surface area contributed by atoms with Gasteiger partial charge in [-0.25, -0.2) is 0 Å². The van der Waals surface area contributed by atoms with E-state index in [4.69, 9.17) is 16.3 Å². The van der Waals surface area contributed by atoms with Crippen LogP contribution >= 0.6 is 0 Å². The topological polar surface area (TPSA) is 73.6 Å². The van der Waals surface area contributed by atoms with Crippen molar-refractivity contribution in [3.63, 3.8) is 0 Å². The maximum absolute atomic E-state index is 8.68. The SMILES string of the molecule is CCc1ccc(C=C(C#N)C#N)c(CN)c1. The smallest absolute Gasteiger partial charge is 0.130 e. The van der Waals surface area contributed by atoms with Crippen molar-refractivity contribution in [2.24, 2.45) is 5.73 Å². The number of hydrogen-bond acceptors (Lipinski definition) is 3. The molecule has 0 fully saturated rings. The highest BCUT2D eigenvalue weighted by Gasteiger charge is 2.01. The van der Waals surface area contributed by atoms with Crippen LogP contribution in [-0.4, -0.2) is 0 Å². The minimum atomic E-state index is 0.0962. The Morgan fingerprint density at radius 2 is 2.06 bits per heavy atom. The molecular weight excluding hydrogens is 198 g/mol. The number of nitrogens with zero attached hydrogens (tertiary/aromatic N) is 2. The predicted octanol–water partition coefficient (Wildman–Crippen LogP) is 2.14. The molecule has 3 nitrogen and oxygen atoms in total. The molecule has 0 aromatic heterocycles. The average Bonchev–Trinajstić information content (AvgIpc) is 2.35. The Kier molecular flexibility index (Phi) is 4.27. The van der Waals surface area contributed by atoms with Crippen LogP contribution in [0.4, 0.5) is 0 Å². The van der Waals surface area contributed by atoms with Gasteiger partial charge in [-0.05, 0) is 29.2 Å². The monoisotopic (exact) mass is 211 g/mol. The van der Waals surface area contributed by atoms with Crippen LogP contribution in [0.5, 0.6) is 0 Å². The molecule has 80 valence electrons. The fraction of sp³-hybridized carbons (Fsp3) is 0.231. The van der Waals surface area contributed by atoms with Gasteiger partial charge in [-0.15, -0.1) is 0 Å². The zero-order valence-corrected chi connectivity index (χ0v) is 9.20. The normalized spacial score (nSPS) is 9.00. The predicted molar refractivity (Wildman–Crippen MR) is 62.9 cm³/mol. The molecule has 3 heteroatoms. The maximum atomic E-state index is 8.68. The summed E-state index contributed by atoms with van der Waals surface area (Å²) in [5.41, 5.74) is 8.74. The van der Waals surface area contributed by atoms with Crippen LogP contribution in [0.2, 0.25) is 0 Å². The van der Waals surface area contributed by atoms with Gasteiger partial charge in [-0.1, -0.05) is 25.1 Å². The van der Waals surface area contributed by atoms with Crippen molar-refractivity contribution in [1.29, 1.82) is 10.5 Å². The van der Waals surface area contributed by atoms with E-state index in [0.29, 0.717) is 6.54 Å². The number of aryl methyl sites for hydroxylation is 1. The van der Waals surface area contributed by atoms with Crippen molar-refractivity contribution < 1.29 is 0 Å². The molecule has 0 heterocycles. The molecule has 0 bridgehead atoms. The first-order valence-corrected chi connectivity index (χ1v) is 5.09. The van der Waals surface area contributed by atoms with E-state index in [1.807, 2.05) is 30.3 Å². The maximum Gasteiger partial charge on any atom is 0.130 e. The second-order valence-corrected chi connectivity index (χ2v) is 3.37. The zero-order chi connectivity index (χ0) is 12.0. The number of nitrogens with two attached hydrogens (primary N) is 1. The standard InChI is InChI=1S/C13H13N3/c1-2-10-3-4-12(13(5-10)9-16)6-11(7-14)8-15/h3-6H,2,9,16H2,1H3. The molecule has 0 radical (unpaired) electrons. The highest BCUT2D eigenvalue weighted by atomic mass is 14.5. The summed E-state index contributed by atoms with van der Waals surface area (Å²) in [7, 11) is 0. The molecule has 2 N–H and O–H groups in total. The van der Waals surface area contributed by atoms with Crippen molar-refractivity contribution >= 4 is 6.08 Å². The molecule has 0 atom stereocenters. The summed E-state index contributed by atoms with van der Waals surface area (Å²) in [6.07, 6.45) is 2.52. The first-order chi connectivity index (χ1) is 7.74. The molecule has 0 unspecified atom stereocenters. The van der Waals surface area contributed by atoms with Crippen LogP contribution in [0.1, 0.15) is 23.6 Å². The fourth-order valence-corrected chi connectivity index (χ4v) is 1.44. The van der Waals surface area contributed by atoms with E-state index in [2.05, 4.69) is 6.92 Å². The third-order valence-corrected chi connectivity index (χ3v) is 2.38. The lowest BCUT2D eigenvalue weighted by atomic mass is 10.0. The molecule has 0 aliphatic heterocycles. The van der Waals surface area contributed by atoms with Crippen LogP contribution in [0, 0.1) is 22.7 Å². The van der Waals surface area contributed by atoms with Gasteiger partial charge in [0, 0.05) is 6.54 Å². The Morgan fingerprint density at radius 3 is 2.56 bits per heavy atom. The Morgan fingerprint density at radius 1 is 1.38 bits per heavy atom. The van der Waals surface area contributed by atoms with E-state index in [-0.39, 0.29) is 5.57 Å². The first-order valence-electron chi connectivity index (χ1n) is 5.09. The highest BCUT2D eigenvalue weighted by molar-refractivity contribution is 5.64. The molecule has 0 aliphatic carbocycles. The Labute approximate surface area is 95.4 Å². The highest BCUT2D eigenvalue weighted by Crippen LogP contribution is 2.15. The van der Waals surface area contributed by atoms with Crippen molar-refractivity contribution in [2.75, 3.05) is 0 Å². The molecule has 1 rings (SSSR count). The van der Waals surface area contributed by atoms with Crippen LogP contribution in [0.25, 0.3) is 6.08 Å². The molecule has 0 aliphatic rings. The van der Waals surface area contributed by atoms with E-state index >= 15 is 0 Å². The molecule has 16 heavy (non-hydrogen) atoms. The minimum absolute atomic E-state index is 0.0962. The van der Waals surface area contributed by atoms with E-state index in [9.17, 15) is 0 Å². The average molecular weight is 211 g/mol. The van der Waals surface area contributed by atoms with E-state index < -0.39 is 0 Å². The Bertz CT molecular complexity index is 471.